The van der Waals surface area contributed by atoms with E-state index in [1.165, 1.54) is 0 Å². The summed E-state index contributed by atoms with van der Waals surface area (Å²) in [5, 5.41) is 8.80. The fourth-order valence-electron chi connectivity index (χ4n) is 2.23. The van der Waals surface area contributed by atoms with Crippen LogP contribution in [0, 0.1) is 17.2 Å². The zero-order valence-electron chi connectivity index (χ0n) is 12.0. The number of amides is 1. The highest BCUT2D eigenvalue weighted by Gasteiger charge is 2.27. The number of carbonyl (C=O) groups is 1. The standard InChI is InChI=1S/C15H22N4O/c1-12(2)11-19(10-6-9-16)14(15(20)18-17)13-7-4-3-5-8-13/h3-5,7-8,12,14H,6,10-11,17H2,1-2H3,(H,18,20). The zero-order chi connectivity index (χ0) is 15.0. The molecule has 0 aliphatic heterocycles. The molecule has 0 aromatic heterocycles. The van der Waals surface area contributed by atoms with Gasteiger partial charge >= 0.3 is 0 Å². The van der Waals surface area contributed by atoms with Crippen molar-refractivity contribution in [2.45, 2.75) is 26.3 Å². The Morgan fingerprint density at radius 3 is 2.55 bits per heavy atom. The van der Waals surface area contributed by atoms with Crippen LogP contribution in [0.2, 0.25) is 0 Å². The predicted molar refractivity (Wildman–Crippen MR) is 78.2 cm³/mol. The lowest BCUT2D eigenvalue weighted by Crippen LogP contribution is -2.44. The van der Waals surface area contributed by atoms with Crippen molar-refractivity contribution >= 4 is 5.91 Å². The molecule has 0 aliphatic rings. The minimum atomic E-state index is -0.461. The van der Waals surface area contributed by atoms with Crippen LogP contribution >= 0.6 is 0 Å². The van der Waals surface area contributed by atoms with E-state index in [0.717, 1.165) is 12.1 Å². The quantitative estimate of drug-likeness (QED) is 0.449. The van der Waals surface area contributed by atoms with E-state index in [-0.39, 0.29) is 5.91 Å². The Kier molecular flexibility index (Phi) is 6.71. The molecule has 0 fully saturated rings. The van der Waals surface area contributed by atoms with Crippen molar-refractivity contribution < 1.29 is 4.79 Å². The molecule has 0 saturated heterocycles. The molecule has 1 unspecified atom stereocenters. The van der Waals surface area contributed by atoms with E-state index < -0.39 is 6.04 Å². The SMILES string of the molecule is CC(C)CN(CCC#N)C(C(=O)NN)c1ccccc1. The van der Waals surface area contributed by atoms with Gasteiger partial charge in [-0.05, 0) is 11.5 Å². The second-order valence-corrected chi connectivity index (χ2v) is 5.12. The molecular formula is C15H22N4O. The number of nitrogens with zero attached hydrogens (tertiary/aromatic N) is 2. The van der Waals surface area contributed by atoms with E-state index in [0.29, 0.717) is 18.9 Å². The van der Waals surface area contributed by atoms with Gasteiger partial charge in [-0.25, -0.2) is 5.84 Å². The summed E-state index contributed by atoms with van der Waals surface area (Å²) in [5.41, 5.74) is 3.11. The summed E-state index contributed by atoms with van der Waals surface area (Å²) >= 11 is 0. The smallest absolute Gasteiger partial charge is 0.255 e. The summed E-state index contributed by atoms with van der Waals surface area (Å²) in [6.07, 6.45) is 0.383. The molecule has 0 saturated carbocycles. The topological polar surface area (TPSA) is 82.2 Å². The normalized spacial score (nSPS) is 12.2. The highest BCUT2D eigenvalue weighted by molar-refractivity contribution is 5.82. The lowest BCUT2D eigenvalue weighted by Gasteiger charge is -2.31. The third-order valence-corrected chi connectivity index (χ3v) is 2.98. The minimum absolute atomic E-state index is 0.255. The number of carbonyl (C=O) groups excluding carboxylic acids is 1. The Labute approximate surface area is 120 Å². The molecule has 3 N–H and O–H groups in total. The van der Waals surface area contributed by atoms with Crippen LogP contribution in [0.3, 0.4) is 0 Å². The van der Waals surface area contributed by atoms with Crippen molar-refractivity contribution in [1.29, 1.82) is 5.26 Å². The van der Waals surface area contributed by atoms with Gasteiger partial charge in [-0.3, -0.25) is 15.1 Å². The number of hydrogen-bond donors (Lipinski definition) is 2. The van der Waals surface area contributed by atoms with E-state index in [1.54, 1.807) is 0 Å². The Bertz CT molecular complexity index is 453. The first-order valence-electron chi connectivity index (χ1n) is 6.76. The van der Waals surface area contributed by atoms with Gasteiger partial charge in [0.1, 0.15) is 6.04 Å². The average Bonchev–Trinajstić information content (AvgIpc) is 2.45. The third kappa shape index (κ3) is 4.65. The first-order chi connectivity index (χ1) is 9.60. The summed E-state index contributed by atoms with van der Waals surface area (Å²) in [7, 11) is 0. The van der Waals surface area contributed by atoms with Crippen molar-refractivity contribution in [2.75, 3.05) is 13.1 Å². The summed E-state index contributed by atoms with van der Waals surface area (Å²) in [4.78, 5) is 14.1. The monoisotopic (exact) mass is 274 g/mol. The Morgan fingerprint density at radius 1 is 1.40 bits per heavy atom. The Morgan fingerprint density at radius 2 is 2.05 bits per heavy atom. The lowest BCUT2D eigenvalue weighted by atomic mass is 10.0. The van der Waals surface area contributed by atoms with Gasteiger partial charge in [0, 0.05) is 19.5 Å². The van der Waals surface area contributed by atoms with Gasteiger partial charge in [0.15, 0.2) is 0 Å². The Hall–Kier alpha value is -1.90. The molecule has 5 nitrogen and oxygen atoms in total. The molecule has 20 heavy (non-hydrogen) atoms. The molecule has 1 aromatic carbocycles. The van der Waals surface area contributed by atoms with Gasteiger partial charge in [-0.15, -0.1) is 0 Å². The van der Waals surface area contributed by atoms with Crippen molar-refractivity contribution in [2.24, 2.45) is 11.8 Å². The molecular weight excluding hydrogens is 252 g/mol. The van der Waals surface area contributed by atoms with E-state index in [2.05, 4.69) is 25.3 Å². The summed E-state index contributed by atoms with van der Waals surface area (Å²) in [5.74, 6) is 5.46. The number of hydrazine groups is 1. The number of benzene rings is 1. The van der Waals surface area contributed by atoms with E-state index in [4.69, 9.17) is 11.1 Å². The van der Waals surface area contributed by atoms with Gasteiger partial charge in [-0.2, -0.15) is 5.26 Å². The first-order valence-corrected chi connectivity index (χ1v) is 6.76. The maximum absolute atomic E-state index is 12.1. The summed E-state index contributed by atoms with van der Waals surface area (Å²) in [6, 6.07) is 11.2. The first kappa shape index (κ1) is 16.2. The number of nitrogens with two attached hydrogens (primary N) is 1. The molecule has 0 bridgehead atoms. The van der Waals surface area contributed by atoms with E-state index >= 15 is 0 Å². The van der Waals surface area contributed by atoms with Crippen LogP contribution in [-0.2, 0) is 4.79 Å². The number of nitriles is 1. The molecule has 1 atom stereocenters. The van der Waals surface area contributed by atoms with Crippen molar-refractivity contribution in [3.05, 3.63) is 35.9 Å². The maximum Gasteiger partial charge on any atom is 0.255 e. The van der Waals surface area contributed by atoms with E-state index in [9.17, 15) is 4.79 Å². The van der Waals surface area contributed by atoms with Crippen LogP contribution in [0.4, 0.5) is 0 Å². The summed E-state index contributed by atoms with van der Waals surface area (Å²) < 4.78 is 0. The molecule has 1 aromatic rings. The maximum atomic E-state index is 12.1. The fourth-order valence-corrected chi connectivity index (χ4v) is 2.23. The molecule has 1 rings (SSSR count). The third-order valence-electron chi connectivity index (χ3n) is 2.98. The van der Waals surface area contributed by atoms with Crippen molar-refractivity contribution in [1.82, 2.24) is 10.3 Å². The molecule has 5 heteroatoms. The predicted octanol–water partition coefficient (Wildman–Crippen LogP) is 1.59. The minimum Gasteiger partial charge on any atom is -0.293 e. The van der Waals surface area contributed by atoms with Gasteiger partial charge in [0.2, 0.25) is 0 Å². The largest absolute Gasteiger partial charge is 0.293 e. The molecule has 1 amide bonds. The van der Waals surface area contributed by atoms with Gasteiger partial charge in [-0.1, -0.05) is 44.2 Å². The average molecular weight is 274 g/mol. The molecule has 0 aliphatic carbocycles. The Balaban J connectivity index is 3.04. The van der Waals surface area contributed by atoms with Crippen LogP contribution in [-0.4, -0.2) is 23.9 Å². The van der Waals surface area contributed by atoms with Crippen LogP contribution in [0.1, 0.15) is 31.9 Å². The van der Waals surface area contributed by atoms with Crippen molar-refractivity contribution in [3.63, 3.8) is 0 Å². The van der Waals surface area contributed by atoms with Crippen LogP contribution < -0.4 is 11.3 Å². The van der Waals surface area contributed by atoms with Gasteiger partial charge in [0.05, 0.1) is 6.07 Å². The lowest BCUT2D eigenvalue weighted by molar-refractivity contribution is -0.127. The fraction of sp³-hybridized carbons (Fsp3) is 0.467. The molecule has 0 heterocycles. The number of rotatable bonds is 7. The molecule has 108 valence electrons. The molecule has 0 radical (unpaired) electrons. The highest BCUT2D eigenvalue weighted by atomic mass is 16.2. The zero-order valence-corrected chi connectivity index (χ0v) is 12.0. The number of hydrogen-bond acceptors (Lipinski definition) is 4. The highest BCUT2D eigenvalue weighted by Crippen LogP contribution is 2.22. The van der Waals surface area contributed by atoms with Crippen LogP contribution in [0.25, 0.3) is 0 Å². The molecule has 0 spiro atoms. The summed E-state index contributed by atoms with van der Waals surface area (Å²) in [6.45, 7) is 5.44. The van der Waals surface area contributed by atoms with Crippen LogP contribution in [0.15, 0.2) is 30.3 Å². The van der Waals surface area contributed by atoms with Gasteiger partial charge in [0.25, 0.3) is 5.91 Å². The van der Waals surface area contributed by atoms with E-state index in [1.807, 2.05) is 35.2 Å². The van der Waals surface area contributed by atoms with Crippen LogP contribution in [0.5, 0.6) is 0 Å². The van der Waals surface area contributed by atoms with Gasteiger partial charge < -0.3 is 0 Å². The second kappa shape index (κ2) is 8.31. The van der Waals surface area contributed by atoms with Crippen molar-refractivity contribution in [3.8, 4) is 6.07 Å². The second-order valence-electron chi connectivity index (χ2n) is 5.12. The number of nitrogens with one attached hydrogen (secondary N) is 1.